The molecule has 0 radical (unpaired) electrons. The van der Waals surface area contributed by atoms with E-state index in [1.807, 2.05) is 72.8 Å². The smallest absolute Gasteiger partial charge is 0.211 e. The molecule has 0 saturated heterocycles. The first-order valence-corrected chi connectivity index (χ1v) is 8.92. The summed E-state index contributed by atoms with van der Waals surface area (Å²) in [6.07, 6.45) is 0. The number of hydrogen-bond donors (Lipinski definition) is 0. The highest BCUT2D eigenvalue weighted by atomic mass is 79.9. The lowest BCUT2D eigenvalue weighted by atomic mass is 10.1. The first-order chi connectivity index (χ1) is 12.8. The van der Waals surface area contributed by atoms with E-state index >= 15 is 0 Å². The van der Waals surface area contributed by atoms with E-state index in [2.05, 4.69) is 26.2 Å². The second-order valence-corrected chi connectivity index (χ2v) is 6.81. The van der Waals surface area contributed by atoms with Crippen molar-refractivity contribution in [2.75, 3.05) is 0 Å². The van der Waals surface area contributed by atoms with E-state index < -0.39 is 0 Å². The first kappa shape index (κ1) is 15.2. The molecule has 5 rings (SSSR count). The van der Waals surface area contributed by atoms with Gasteiger partial charge >= 0.3 is 0 Å². The molecule has 26 heavy (non-hydrogen) atoms. The van der Waals surface area contributed by atoms with Gasteiger partial charge in [-0.15, -0.1) is 5.10 Å². The summed E-state index contributed by atoms with van der Waals surface area (Å²) in [5.74, 6) is 0.507. The molecule has 2 aromatic heterocycles. The third-order valence-corrected chi connectivity index (χ3v) is 4.73. The van der Waals surface area contributed by atoms with E-state index in [0.717, 1.165) is 37.7 Å². The molecule has 0 aliphatic rings. The van der Waals surface area contributed by atoms with Gasteiger partial charge in [-0.1, -0.05) is 63.6 Å². The lowest BCUT2D eigenvalue weighted by Gasteiger charge is -2.09. The van der Waals surface area contributed by atoms with Crippen molar-refractivity contribution in [3.63, 3.8) is 0 Å². The third kappa shape index (κ3) is 2.46. The number of benzene rings is 3. The van der Waals surface area contributed by atoms with Gasteiger partial charge in [-0.05, 0) is 30.3 Å². The monoisotopic (exact) mass is 401 g/mol. The van der Waals surface area contributed by atoms with Gasteiger partial charge in [-0.2, -0.15) is 4.68 Å². The van der Waals surface area contributed by atoms with Gasteiger partial charge in [0.15, 0.2) is 0 Å². The van der Waals surface area contributed by atoms with Crippen molar-refractivity contribution in [2.24, 2.45) is 0 Å². The minimum atomic E-state index is 0.507. The van der Waals surface area contributed by atoms with Gasteiger partial charge in [-0.25, -0.2) is 9.97 Å². The zero-order chi connectivity index (χ0) is 17.5. The second-order valence-electron chi connectivity index (χ2n) is 5.89. The number of halogens is 1. The largest absolute Gasteiger partial charge is 0.253 e. The van der Waals surface area contributed by atoms with Gasteiger partial charge < -0.3 is 0 Å². The molecule has 5 aromatic rings. The fraction of sp³-hybridized carbons (Fsp3) is 0. The highest BCUT2D eigenvalue weighted by molar-refractivity contribution is 9.10. The molecule has 2 heterocycles. The summed E-state index contributed by atoms with van der Waals surface area (Å²) < 4.78 is 2.67. The third-order valence-electron chi connectivity index (χ3n) is 4.23. The quantitative estimate of drug-likeness (QED) is 0.426. The van der Waals surface area contributed by atoms with Crippen molar-refractivity contribution in [3.05, 3.63) is 77.3 Å². The fourth-order valence-corrected chi connectivity index (χ4v) is 3.38. The number of para-hydroxylation sites is 1. The van der Waals surface area contributed by atoms with Crippen LogP contribution in [0.1, 0.15) is 0 Å². The number of hydrogen-bond acceptors (Lipinski definition) is 4. The molecule has 0 atom stereocenters. The molecule has 0 amide bonds. The summed E-state index contributed by atoms with van der Waals surface area (Å²) in [7, 11) is 0. The molecule has 124 valence electrons. The Bertz CT molecular complexity index is 1250. The van der Waals surface area contributed by atoms with E-state index in [4.69, 9.17) is 9.97 Å². The summed E-state index contributed by atoms with van der Waals surface area (Å²) >= 11 is 3.55. The average molecular weight is 402 g/mol. The maximum atomic E-state index is 4.83. The van der Waals surface area contributed by atoms with E-state index in [1.54, 1.807) is 4.68 Å². The summed E-state index contributed by atoms with van der Waals surface area (Å²) in [5, 5.41) is 9.46. The lowest BCUT2D eigenvalue weighted by Crippen LogP contribution is -2.05. The summed E-state index contributed by atoms with van der Waals surface area (Å²) in [6, 6.07) is 23.9. The van der Waals surface area contributed by atoms with Crippen molar-refractivity contribution in [3.8, 4) is 17.2 Å². The highest BCUT2D eigenvalue weighted by Gasteiger charge is 2.14. The Morgan fingerprint density at radius 3 is 2.46 bits per heavy atom. The summed E-state index contributed by atoms with van der Waals surface area (Å²) in [4.78, 5) is 9.56. The molecule has 0 aliphatic carbocycles. The maximum Gasteiger partial charge on any atom is 0.253 e. The fourth-order valence-electron chi connectivity index (χ4n) is 3.02. The number of fused-ring (bicyclic) bond motifs is 2. The van der Waals surface area contributed by atoms with Crippen LogP contribution in [0.2, 0.25) is 0 Å². The predicted octanol–water partition coefficient (Wildman–Crippen LogP) is 4.79. The van der Waals surface area contributed by atoms with Crippen LogP contribution in [0, 0.1) is 0 Å². The number of nitrogens with zero attached hydrogens (tertiary/aromatic N) is 5. The minimum Gasteiger partial charge on any atom is -0.211 e. The van der Waals surface area contributed by atoms with Crippen molar-refractivity contribution in [1.29, 1.82) is 0 Å². The molecular weight excluding hydrogens is 390 g/mol. The molecule has 0 fully saturated rings. The van der Waals surface area contributed by atoms with Crippen LogP contribution in [0.4, 0.5) is 0 Å². The molecule has 6 heteroatoms. The highest BCUT2D eigenvalue weighted by Crippen LogP contribution is 2.29. The van der Waals surface area contributed by atoms with Crippen molar-refractivity contribution in [2.45, 2.75) is 0 Å². The Morgan fingerprint density at radius 1 is 0.769 bits per heavy atom. The summed E-state index contributed by atoms with van der Waals surface area (Å²) in [6.45, 7) is 0. The Morgan fingerprint density at radius 2 is 1.58 bits per heavy atom. The van der Waals surface area contributed by atoms with Gasteiger partial charge in [0.05, 0.1) is 16.7 Å². The molecule has 0 spiro atoms. The molecule has 0 aliphatic heterocycles. The van der Waals surface area contributed by atoms with Gasteiger partial charge in [0, 0.05) is 15.4 Å². The normalized spacial score (nSPS) is 11.3. The van der Waals surface area contributed by atoms with Gasteiger partial charge in [-0.3, -0.25) is 0 Å². The van der Waals surface area contributed by atoms with E-state index in [9.17, 15) is 0 Å². The number of aromatic nitrogens is 5. The van der Waals surface area contributed by atoms with Crippen LogP contribution in [0.25, 0.3) is 39.1 Å². The molecular formula is C20H12BrN5. The molecule has 0 unspecified atom stereocenters. The van der Waals surface area contributed by atoms with E-state index in [-0.39, 0.29) is 0 Å². The molecule has 0 bridgehead atoms. The molecule has 3 aromatic carbocycles. The first-order valence-electron chi connectivity index (χ1n) is 8.13. The second kappa shape index (κ2) is 6.00. The molecule has 0 saturated carbocycles. The molecule has 0 N–H and O–H groups in total. The van der Waals surface area contributed by atoms with Crippen LogP contribution in [-0.2, 0) is 0 Å². The van der Waals surface area contributed by atoms with Crippen molar-refractivity contribution in [1.82, 2.24) is 25.0 Å². The zero-order valence-electron chi connectivity index (χ0n) is 13.5. The predicted molar refractivity (Wildman–Crippen MR) is 105 cm³/mol. The lowest BCUT2D eigenvalue weighted by molar-refractivity contribution is 0.780. The van der Waals surface area contributed by atoms with Crippen LogP contribution in [0.5, 0.6) is 0 Å². The van der Waals surface area contributed by atoms with Gasteiger partial charge in [0.1, 0.15) is 5.52 Å². The summed E-state index contributed by atoms with van der Waals surface area (Å²) in [5.41, 5.74) is 4.45. The van der Waals surface area contributed by atoms with Crippen molar-refractivity contribution < 1.29 is 0 Å². The van der Waals surface area contributed by atoms with Crippen LogP contribution in [0.3, 0.4) is 0 Å². The van der Waals surface area contributed by atoms with E-state index in [0.29, 0.717) is 5.95 Å². The Labute approximate surface area is 157 Å². The van der Waals surface area contributed by atoms with Crippen LogP contribution < -0.4 is 0 Å². The topological polar surface area (TPSA) is 56.5 Å². The van der Waals surface area contributed by atoms with Gasteiger partial charge in [0.2, 0.25) is 0 Å². The SMILES string of the molecule is Brc1ccc2nc(-n3nnc4ccccc43)nc(-c3ccccc3)c2c1. The van der Waals surface area contributed by atoms with Crippen molar-refractivity contribution >= 4 is 37.9 Å². The Balaban J connectivity index is 1.84. The van der Waals surface area contributed by atoms with Crippen LogP contribution in [0.15, 0.2) is 77.3 Å². The maximum absolute atomic E-state index is 4.83. The number of rotatable bonds is 2. The van der Waals surface area contributed by atoms with Crippen LogP contribution >= 0.6 is 15.9 Å². The Kier molecular flexibility index (Phi) is 3.50. The molecule has 5 nitrogen and oxygen atoms in total. The standard InChI is InChI=1S/C20H12BrN5/c21-14-10-11-16-15(12-14)19(13-6-2-1-3-7-13)23-20(22-16)26-18-9-5-4-8-17(18)24-25-26/h1-12H. The van der Waals surface area contributed by atoms with E-state index in [1.165, 1.54) is 0 Å². The van der Waals surface area contributed by atoms with Crippen LogP contribution in [-0.4, -0.2) is 25.0 Å². The van der Waals surface area contributed by atoms with Gasteiger partial charge in [0.25, 0.3) is 5.95 Å². The average Bonchev–Trinajstić information content (AvgIpc) is 3.12. The zero-order valence-corrected chi connectivity index (χ0v) is 15.1. The Hall–Kier alpha value is -3.12. The minimum absolute atomic E-state index is 0.507.